The Morgan fingerprint density at radius 1 is 1.15 bits per heavy atom. The Kier molecular flexibility index (Phi) is 9.42. The minimum atomic E-state index is -1.32. The monoisotopic (exact) mass is 633 g/mol. The predicted octanol–water partition coefficient (Wildman–Crippen LogP) is 1.33. The van der Waals surface area contributed by atoms with Crippen molar-refractivity contribution in [3.8, 4) is 0 Å². The number of hydrogen-bond donors (Lipinski definition) is 4. The Hall–Kier alpha value is -4.79. The number of ketones is 1. The first-order valence-electron chi connectivity index (χ1n) is 15.5. The summed E-state index contributed by atoms with van der Waals surface area (Å²) in [6, 6.07) is 2.16. The lowest BCUT2D eigenvalue weighted by Crippen LogP contribution is -2.52. The third-order valence-electron chi connectivity index (χ3n) is 8.79. The number of nitrogens with one attached hydrogen (secondary N) is 2. The van der Waals surface area contributed by atoms with Gasteiger partial charge in [0, 0.05) is 18.4 Å². The number of Topliss-reactive ketones (excluding diaryl/α,β-unsaturated/α-hetero) is 1. The largest absolute Gasteiger partial charge is 0.384 e. The van der Waals surface area contributed by atoms with Crippen molar-refractivity contribution < 1.29 is 29.1 Å². The minimum Gasteiger partial charge on any atom is -0.384 e. The molecule has 3 atom stereocenters. The van der Waals surface area contributed by atoms with Crippen molar-refractivity contribution >= 4 is 46.0 Å². The number of nitrogens with two attached hydrogens (primary N) is 1. The van der Waals surface area contributed by atoms with Crippen molar-refractivity contribution in [2.24, 2.45) is 16.6 Å². The molecular weight excluding hydrogens is 594 g/mol. The molecule has 0 bridgehead atoms. The van der Waals surface area contributed by atoms with Crippen LogP contribution in [0.15, 0.2) is 35.6 Å². The quantitative estimate of drug-likeness (QED) is 0.187. The van der Waals surface area contributed by atoms with E-state index in [1.165, 1.54) is 28.9 Å². The molecule has 0 radical (unpaired) electrons. The molecule has 15 heteroatoms. The second-order valence-electron chi connectivity index (χ2n) is 12.7. The van der Waals surface area contributed by atoms with Crippen LogP contribution >= 0.6 is 0 Å². The maximum Gasteiger partial charge on any atom is 0.287 e. The Bertz CT molecular complexity index is 1680. The molecule has 15 nitrogen and oxygen atoms in total. The number of aliphatic hydroxyl groups is 1. The number of aliphatic imine (C=N–C) groups is 1. The number of amides is 4. The molecule has 0 spiro atoms. The van der Waals surface area contributed by atoms with Gasteiger partial charge in [-0.15, -0.1) is 5.10 Å². The highest BCUT2D eigenvalue weighted by atomic mass is 16.3. The zero-order valence-electron chi connectivity index (χ0n) is 26.1. The lowest BCUT2D eigenvalue weighted by Gasteiger charge is -2.27. The van der Waals surface area contributed by atoms with E-state index in [1.807, 2.05) is 0 Å². The van der Waals surface area contributed by atoms with Gasteiger partial charge >= 0.3 is 0 Å². The molecule has 1 aliphatic heterocycles. The second kappa shape index (κ2) is 13.3. The van der Waals surface area contributed by atoms with Crippen LogP contribution < -0.4 is 11.1 Å². The number of carbonyl (C=O) groups excluding carboxylic acids is 5. The summed E-state index contributed by atoms with van der Waals surface area (Å²) >= 11 is 0. The predicted molar refractivity (Wildman–Crippen MR) is 165 cm³/mol. The van der Waals surface area contributed by atoms with Crippen LogP contribution in [0.2, 0.25) is 0 Å². The van der Waals surface area contributed by atoms with Gasteiger partial charge in [0.1, 0.15) is 17.4 Å². The molecule has 1 aliphatic carbocycles. The molecule has 2 fully saturated rings. The Balaban J connectivity index is 1.51. The van der Waals surface area contributed by atoms with Crippen LogP contribution in [-0.2, 0) is 24.8 Å². The van der Waals surface area contributed by atoms with Gasteiger partial charge in [0.25, 0.3) is 17.7 Å². The molecule has 2 aromatic heterocycles. The topological polar surface area (TPSA) is 219 Å². The van der Waals surface area contributed by atoms with Crippen molar-refractivity contribution in [1.29, 1.82) is 0 Å². The normalized spacial score (nSPS) is 20.1. The second-order valence-corrected chi connectivity index (χ2v) is 12.7. The number of rotatable bonds is 10. The lowest BCUT2D eigenvalue weighted by molar-refractivity contribution is -0.139. The van der Waals surface area contributed by atoms with E-state index in [9.17, 15) is 29.1 Å². The number of primary amides is 1. The highest BCUT2D eigenvalue weighted by Gasteiger charge is 2.44. The molecule has 244 valence electrons. The summed E-state index contributed by atoms with van der Waals surface area (Å²) in [5.41, 5.74) is 5.15. The zero-order chi connectivity index (χ0) is 33.2. The molecule has 3 aromatic rings. The van der Waals surface area contributed by atoms with Crippen molar-refractivity contribution in [2.75, 3.05) is 6.54 Å². The standard InChI is InChI=1S/C31H39N9O6/c1-17(26(41)27(32)42)35-29(44)24-13-19(40-25(15-34-38-40)31(2,3)46)16-39(24)30(45)23(12-18-8-5-4-6-9-18)36-28(43)20-10-7-11-22-21(20)14-33-37-22/h7,10-11,14-15,17-19,24,46H,4-6,8-9,12-13,16H2,1-3H3,(H2,32,42)(H,33,37)(H,35,44)/b36-23+/t17?,19-,24-/m0/s1. The third-order valence-corrected chi connectivity index (χ3v) is 8.79. The van der Waals surface area contributed by atoms with Crippen LogP contribution in [0.5, 0.6) is 0 Å². The van der Waals surface area contributed by atoms with Crippen molar-refractivity contribution in [3.63, 3.8) is 0 Å². The molecule has 5 rings (SSSR count). The van der Waals surface area contributed by atoms with E-state index in [4.69, 9.17) is 5.73 Å². The van der Waals surface area contributed by atoms with E-state index < -0.39 is 53.1 Å². The van der Waals surface area contributed by atoms with Gasteiger partial charge in [0.2, 0.25) is 11.7 Å². The fraction of sp³-hybridized carbons (Fsp3) is 0.516. The molecule has 1 unspecified atom stereocenters. The van der Waals surface area contributed by atoms with Gasteiger partial charge in [0.15, 0.2) is 0 Å². The smallest absolute Gasteiger partial charge is 0.287 e. The number of nitrogens with zero attached hydrogens (tertiary/aromatic N) is 6. The van der Waals surface area contributed by atoms with Gasteiger partial charge in [-0.1, -0.05) is 43.4 Å². The Labute approximate surface area is 265 Å². The van der Waals surface area contributed by atoms with Crippen LogP contribution in [0.3, 0.4) is 0 Å². The van der Waals surface area contributed by atoms with E-state index in [0.717, 1.165) is 32.1 Å². The summed E-state index contributed by atoms with van der Waals surface area (Å²) in [5, 5.41) is 28.7. The fourth-order valence-corrected chi connectivity index (χ4v) is 6.35. The number of likely N-dealkylation sites (tertiary alicyclic amines) is 1. The number of hydrogen-bond acceptors (Lipinski definition) is 9. The third kappa shape index (κ3) is 6.88. The number of aromatic amines is 1. The molecule has 46 heavy (non-hydrogen) atoms. The molecule has 5 N–H and O–H groups in total. The molecule has 1 saturated heterocycles. The van der Waals surface area contributed by atoms with Gasteiger partial charge in [-0.2, -0.15) is 5.10 Å². The van der Waals surface area contributed by atoms with E-state index in [0.29, 0.717) is 16.6 Å². The maximum atomic E-state index is 14.4. The molecule has 4 amide bonds. The summed E-state index contributed by atoms with van der Waals surface area (Å²) < 4.78 is 1.48. The highest BCUT2D eigenvalue weighted by molar-refractivity contribution is 6.41. The van der Waals surface area contributed by atoms with Crippen LogP contribution in [0, 0.1) is 5.92 Å². The minimum absolute atomic E-state index is 0.0172. The van der Waals surface area contributed by atoms with Gasteiger partial charge in [-0.05, 0) is 45.2 Å². The number of fused-ring (bicyclic) bond motifs is 1. The summed E-state index contributed by atoms with van der Waals surface area (Å²) in [7, 11) is 0. The van der Waals surface area contributed by atoms with Gasteiger partial charge in [0.05, 0.1) is 41.3 Å². The fourth-order valence-electron chi connectivity index (χ4n) is 6.35. The molecule has 1 saturated carbocycles. The molecule has 1 aromatic carbocycles. The van der Waals surface area contributed by atoms with Crippen LogP contribution in [0.25, 0.3) is 10.9 Å². The SMILES string of the molecule is CC(NC(=O)[C@@H]1C[C@H](n2nncc2C(C)(C)O)CN1C(=O)/C(CC1CCCCC1)=N/C(=O)c1cccc2[nH]ncc12)C(=O)C(N)=O. The first kappa shape index (κ1) is 32.6. The van der Waals surface area contributed by atoms with Crippen LogP contribution in [-0.4, -0.2) is 88.9 Å². The van der Waals surface area contributed by atoms with Crippen molar-refractivity contribution in [1.82, 2.24) is 35.4 Å². The Morgan fingerprint density at radius 2 is 1.89 bits per heavy atom. The number of H-pyrrole nitrogens is 1. The number of benzene rings is 1. The lowest BCUT2D eigenvalue weighted by atomic mass is 9.85. The highest BCUT2D eigenvalue weighted by Crippen LogP contribution is 2.33. The van der Waals surface area contributed by atoms with Crippen LogP contribution in [0.1, 0.15) is 87.8 Å². The van der Waals surface area contributed by atoms with Crippen molar-refractivity contribution in [2.45, 2.75) is 89.4 Å². The molecular formula is C31H39N9O6. The van der Waals surface area contributed by atoms with Gasteiger partial charge in [-0.3, -0.25) is 29.1 Å². The van der Waals surface area contributed by atoms with Crippen LogP contribution in [0.4, 0.5) is 0 Å². The summed E-state index contributed by atoms with van der Waals surface area (Å²) in [4.78, 5) is 71.1. The average molecular weight is 634 g/mol. The van der Waals surface area contributed by atoms with Gasteiger partial charge < -0.3 is 21.1 Å². The van der Waals surface area contributed by atoms with E-state index in [2.05, 4.69) is 30.8 Å². The summed E-state index contributed by atoms with van der Waals surface area (Å²) in [6.45, 7) is 4.46. The average Bonchev–Trinajstić information content (AvgIpc) is 3.79. The first-order valence-corrected chi connectivity index (χ1v) is 15.5. The number of carbonyl (C=O) groups is 5. The Morgan fingerprint density at radius 3 is 2.59 bits per heavy atom. The van der Waals surface area contributed by atoms with Crippen molar-refractivity contribution in [3.05, 3.63) is 41.9 Å². The zero-order valence-corrected chi connectivity index (χ0v) is 26.1. The van der Waals surface area contributed by atoms with Gasteiger partial charge in [-0.25, -0.2) is 9.67 Å². The van der Waals surface area contributed by atoms with E-state index in [-0.39, 0.29) is 36.6 Å². The first-order chi connectivity index (χ1) is 21.8. The molecule has 2 aliphatic rings. The summed E-state index contributed by atoms with van der Waals surface area (Å²) in [6.07, 6.45) is 8.11. The van der Waals surface area contributed by atoms with E-state index >= 15 is 0 Å². The maximum absolute atomic E-state index is 14.4. The molecule has 3 heterocycles. The number of aromatic nitrogens is 5. The summed E-state index contributed by atoms with van der Waals surface area (Å²) in [5.74, 6) is -3.95. The van der Waals surface area contributed by atoms with E-state index in [1.54, 1.807) is 32.0 Å².